The molecule has 2 aromatic carbocycles. The van der Waals surface area contributed by atoms with E-state index in [0.29, 0.717) is 30.3 Å². The molecule has 2 bridgehead atoms. The molecule has 0 amide bonds. The minimum Gasteiger partial charge on any atom is -0.493 e. The van der Waals surface area contributed by atoms with E-state index in [9.17, 15) is 13.5 Å². The molecule has 3 fully saturated rings. The Labute approximate surface area is 238 Å². The SMILES string of the molecule is COc1ccc2c3c1O[C@H]1[C@H](NS(=O)(=O)Cc4ccccc4CC(C)C)CC[C@@]4(O)[C@@H](C2)N(CC2CC2)CC[C@]314. The number of nitrogens with one attached hydrogen (secondary N) is 1. The molecule has 5 aliphatic rings. The summed E-state index contributed by atoms with van der Waals surface area (Å²) in [5.74, 6) is 2.48. The lowest BCUT2D eigenvalue weighted by atomic mass is 9.48. The van der Waals surface area contributed by atoms with Crippen LogP contribution in [0.3, 0.4) is 0 Å². The zero-order valence-corrected chi connectivity index (χ0v) is 24.7. The lowest BCUT2D eigenvalue weighted by Gasteiger charge is -2.64. The van der Waals surface area contributed by atoms with Crippen molar-refractivity contribution in [3.8, 4) is 11.5 Å². The second-order valence-electron chi connectivity index (χ2n) is 13.4. The first-order valence-corrected chi connectivity index (χ1v) is 16.7. The van der Waals surface area contributed by atoms with Gasteiger partial charge in [-0.15, -0.1) is 0 Å². The highest BCUT2D eigenvalue weighted by Crippen LogP contribution is 2.65. The first kappa shape index (κ1) is 26.7. The molecule has 2 aromatic rings. The Morgan fingerprint density at radius 1 is 1.12 bits per heavy atom. The van der Waals surface area contributed by atoms with Crippen LogP contribution in [0.5, 0.6) is 11.5 Å². The third-order valence-corrected chi connectivity index (χ3v) is 11.7. The Bertz CT molecular complexity index is 1420. The van der Waals surface area contributed by atoms with Crippen LogP contribution in [0.1, 0.15) is 68.2 Å². The first-order chi connectivity index (χ1) is 19.1. The van der Waals surface area contributed by atoms with Gasteiger partial charge in [0.25, 0.3) is 0 Å². The van der Waals surface area contributed by atoms with Gasteiger partial charge in [0, 0.05) is 18.2 Å². The number of aliphatic hydroxyl groups is 1. The van der Waals surface area contributed by atoms with Crippen LogP contribution < -0.4 is 14.2 Å². The zero-order chi connectivity index (χ0) is 27.9. The number of likely N-dealkylation sites (tertiary alicyclic amines) is 1. The maximum Gasteiger partial charge on any atom is 0.216 e. The molecule has 216 valence electrons. The molecular weight excluding hydrogens is 524 g/mol. The summed E-state index contributed by atoms with van der Waals surface area (Å²) in [6, 6.07) is 11.5. The van der Waals surface area contributed by atoms with Crippen LogP contribution >= 0.6 is 0 Å². The van der Waals surface area contributed by atoms with Crippen LogP contribution in [0.15, 0.2) is 36.4 Å². The third-order valence-electron chi connectivity index (χ3n) is 10.4. The number of benzene rings is 2. The smallest absolute Gasteiger partial charge is 0.216 e. The van der Waals surface area contributed by atoms with Crippen molar-refractivity contribution in [3.63, 3.8) is 0 Å². The quantitative estimate of drug-likeness (QED) is 0.478. The Kier molecular flexibility index (Phi) is 6.32. The van der Waals surface area contributed by atoms with Crippen LogP contribution in [0.2, 0.25) is 0 Å². The first-order valence-electron chi connectivity index (χ1n) is 15.1. The molecule has 8 heteroatoms. The van der Waals surface area contributed by atoms with E-state index in [0.717, 1.165) is 55.0 Å². The van der Waals surface area contributed by atoms with Crippen molar-refractivity contribution in [2.24, 2.45) is 11.8 Å². The van der Waals surface area contributed by atoms with Crippen LogP contribution in [0.25, 0.3) is 0 Å². The van der Waals surface area contributed by atoms with E-state index in [1.165, 1.54) is 18.4 Å². The van der Waals surface area contributed by atoms with Gasteiger partial charge in [-0.05, 0) is 86.1 Å². The second kappa shape index (κ2) is 9.45. The van der Waals surface area contributed by atoms with Gasteiger partial charge in [0.15, 0.2) is 11.5 Å². The number of hydrogen-bond donors (Lipinski definition) is 2. The van der Waals surface area contributed by atoms with Gasteiger partial charge in [0.2, 0.25) is 10.0 Å². The summed E-state index contributed by atoms with van der Waals surface area (Å²) in [5.41, 5.74) is 2.57. The standard InChI is InChI=1S/C32H42N2O5S/c1-20(2)16-22-6-4-5-7-24(22)19-40(36,37)33-25-12-13-32(35)27-17-23-10-11-26(38-3)29-28(23)31(32,30(25)39-29)14-15-34(27)18-21-8-9-21/h4-7,10-11,20-21,25,27,30,33,35H,8-9,12-19H2,1-3H3/t25-,27-,30+,31+,32-/m1/s1. The second-order valence-corrected chi connectivity index (χ2v) is 15.1. The Balaban J connectivity index is 1.24. The lowest BCUT2D eigenvalue weighted by molar-refractivity contribution is -0.190. The summed E-state index contributed by atoms with van der Waals surface area (Å²) < 4.78 is 43.0. The number of hydrogen-bond acceptors (Lipinski definition) is 6. The minimum absolute atomic E-state index is 0.0141. The van der Waals surface area contributed by atoms with Gasteiger partial charge in [-0.1, -0.05) is 44.2 Å². The maximum atomic E-state index is 13.7. The average Bonchev–Trinajstić information content (AvgIpc) is 3.65. The summed E-state index contributed by atoms with van der Waals surface area (Å²) in [4.78, 5) is 2.53. The average molecular weight is 567 g/mol. The summed E-state index contributed by atoms with van der Waals surface area (Å²) in [5, 5.41) is 12.7. The largest absolute Gasteiger partial charge is 0.493 e. The van der Waals surface area contributed by atoms with E-state index >= 15 is 0 Å². The fourth-order valence-corrected chi connectivity index (χ4v) is 10.0. The van der Waals surface area contributed by atoms with E-state index in [-0.39, 0.29) is 11.8 Å². The molecule has 2 saturated carbocycles. The van der Waals surface area contributed by atoms with Gasteiger partial charge in [0.05, 0.1) is 29.9 Å². The van der Waals surface area contributed by atoms with Crippen molar-refractivity contribution in [1.29, 1.82) is 0 Å². The van der Waals surface area contributed by atoms with Gasteiger partial charge < -0.3 is 14.6 Å². The Morgan fingerprint density at radius 3 is 2.62 bits per heavy atom. The van der Waals surface area contributed by atoms with E-state index in [2.05, 4.69) is 29.5 Å². The molecule has 40 heavy (non-hydrogen) atoms. The van der Waals surface area contributed by atoms with Crippen LogP contribution in [-0.2, 0) is 34.0 Å². The highest BCUT2D eigenvalue weighted by atomic mass is 32.2. The molecule has 1 spiro atoms. The van der Waals surface area contributed by atoms with Gasteiger partial charge in [0.1, 0.15) is 6.10 Å². The third kappa shape index (κ3) is 4.04. The van der Waals surface area contributed by atoms with Crippen LogP contribution in [0.4, 0.5) is 0 Å². The molecule has 7 rings (SSSR count). The zero-order valence-electron chi connectivity index (χ0n) is 23.9. The molecule has 2 N–H and O–H groups in total. The summed E-state index contributed by atoms with van der Waals surface area (Å²) >= 11 is 0. The number of methoxy groups -OCH3 is 1. The number of nitrogens with zero attached hydrogens (tertiary/aromatic N) is 1. The van der Waals surface area contributed by atoms with Crippen molar-refractivity contribution >= 4 is 10.0 Å². The van der Waals surface area contributed by atoms with E-state index in [1.807, 2.05) is 30.3 Å². The van der Waals surface area contributed by atoms with Crippen LogP contribution in [0, 0.1) is 11.8 Å². The molecule has 7 nitrogen and oxygen atoms in total. The molecule has 1 saturated heterocycles. The van der Waals surface area contributed by atoms with E-state index in [4.69, 9.17) is 9.47 Å². The molecule has 2 heterocycles. The summed E-state index contributed by atoms with van der Waals surface area (Å²) in [6.45, 7) is 6.23. The predicted molar refractivity (Wildman–Crippen MR) is 154 cm³/mol. The van der Waals surface area contributed by atoms with Gasteiger partial charge in [-0.25, -0.2) is 13.1 Å². The molecule has 0 aromatic heterocycles. The van der Waals surface area contributed by atoms with Crippen molar-refractivity contribution in [2.75, 3.05) is 20.2 Å². The molecule has 5 atom stereocenters. The van der Waals surface area contributed by atoms with Crippen molar-refractivity contribution < 1.29 is 23.0 Å². The van der Waals surface area contributed by atoms with Gasteiger partial charge in [-0.3, -0.25) is 4.90 Å². The number of piperidine rings is 1. The topological polar surface area (TPSA) is 88.1 Å². The minimum atomic E-state index is -3.67. The number of ether oxygens (including phenoxy) is 2. The summed E-state index contributed by atoms with van der Waals surface area (Å²) in [6.07, 6.45) is 5.54. The van der Waals surface area contributed by atoms with Crippen LogP contribution in [-0.4, -0.2) is 62.4 Å². The Morgan fingerprint density at radius 2 is 1.90 bits per heavy atom. The predicted octanol–water partition coefficient (Wildman–Crippen LogP) is 3.95. The fraction of sp³-hybridized carbons (Fsp3) is 0.625. The van der Waals surface area contributed by atoms with Gasteiger partial charge >= 0.3 is 0 Å². The maximum absolute atomic E-state index is 13.7. The number of sulfonamides is 1. The summed E-state index contributed by atoms with van der Waals surface area (Å²) in [7, 11) is -2.02. The monoisotopic (exact) mass is 566 g/mol. The van der Waals surface area contributed by atoms with Crippen molar-refractivity contribution in [2.45, 2.75) is 93.7 Å². The highest BCUT2D eigenvalue weighted by Gasteiger charge is 2.73. The fourth-order valence-electron chi connectivity index (χ4n) is 8.57. The normalized spacial score (nSPS) is 32.6. The molecule has 0 radical (unpaired) electrons. The molecule has 2 aliphatic heterocycles. The number of rotatable bonds is 9. The van der Waals surface area contributed by atoms with Crippen molar-refractivity contribution in [3.05, 3.63) is 58.7 Å². The van der Waals surface area contributed by atoms with Crippen molar-refractivity contribution in [1.82, 2.24) is 9.62 Å². The molecule has 0 unspecified atom stereocenters. The Hall–Kier alpha value is -2.13. The molecular formula is C32H42N2O5S. The highest BCUT2D eigenvalue weighted by molar-refractivity contribution is 7.88. The lowest BCUT2D eigenvalue weighted by Crippen LogP contribution is -2.78. The van der Waals surface area contributed by atoms with E-state index in [1.54, 1.807) is 7.11 Å². The van der Waals surface area contributed by atoms with Gasteiger partial charge in [-0.2, -0.15) is 0 Å². The van der Waals surface area contributed by atoms with E-state index < -0.39 is 33.2 Å². The molecule has 3 aliphatic carbocycles.